The van der Waals surface area contributed by atoms with Gasteiger partial charge in [0.1, 0.15) is 0 Å². The van der Waals surface area contributed by atoms with E-state index in [1.54, 1.807) is 11.3 Å². The average molecular weight is 347 g/mol. The molecule has 1 saturated carbocycles. The zero-order valence-electron chi connectivity index (χ0n) is 13.9. The van der Waals surface area contributed by atoms with Gasteiger partial charge >= 0.3 is 11.9 Å². The highest BCUT2D eigenvalue weighted by Gasteiger charge is 2.56. The van der Waals surface area contributed by atoms with Gasteiger partial charge in [-0.3, -0.25) is 4.90 Å². The lowest BCUT2D eigenvalue weighted by atomic mass is 9.91. The van der Waals surface area contributed by atoms with Crippen molar-refractivity contribution in [2.24, 2.45) is 0 Å². The number of thiophene rings is 1. The summed E-state index contributed by atoms with van der Waals surface area (Å²) in [7, 11) is 2.74. The second-order valence-corrected chi connectivity index (χ2v) is 7.54. The Labute approximate surface area is 145 Å². The van der Waals surface area contributed by atoms with E-state index < -0.39 is 11.9 Å². The van der Waals surface area contributed by atoms with Gasteiger partial charge in [-0.15, -0.1) is 11.3 Å². The number of nitrogens with zero attached hydrogens (tertiary/aromatic N) is 1. The molecule has 4 rings (SSSR count). The van der Waals surface area contributed by atoms with Crippen molar-refractivity contribution in [3.05, 3.63) is 33.0 Å². The van der Waals surface area contributed by atoms with E-state index in [2.05, 4.69) is 11.0 Å². The normalized spacial score (nSPS) is 26.6. The summed E-state index contributed by atoms with van der Waals surface area (Å²) in [5.41, 5.74) is 2.12. The van der Waals surface area contributed by atoms with Crippen LogP contribution in [0.25, 0.3) is 0 Å². The number of methoxy groups -OCH3 is 2. The van der Waals surface area contributed by atoms with Gasteiger partial charge in [0.2, 0.25) is 0 Å². The topological polar surface area (TPSA) is 55.8 Å². The van der Waals surface area contributed by atoms with E-state index in [0.717, 1.165) is 18.4 Å². The standard InChI is InChI=1S/C18H21NO4S/c1-22-17(20)12-13(18(21)23-2)15-16-11(8-9-24-16)14(12)19(15)10-6-4-3-5-7-10/h8-10,14-15H,3-7H2,1-2H3. The van der Waals surface area contributed by atoms with Crippen LogP contribution in [0, 0.1) is 0 Å². The van der Waals surface area contributed by atoms with E-state index in [0.29, 0.717) is 17.2 Å². The molecular formula is C18H21NO4S. The number of fused-ring (bicyclic) bond motifs is 5. The molecule has 0 spiro atoms. The third-order valence-electron chi connectivity index (χ3n) is 5.51. The third kappa shape index (κ3) is 2.09. The number of hydrogen-bond donors (Lipinski definition) is 0. The van der Waals surface area contributed by atoms with Gasteiger partial charge in [0.25, 0.3) is 0 Å². The second-order valence-electron chi connectivity index (χ2n) is 6.59. The Morgan fingerprint density at radius 2 is 1.67 bits per heavy atom. The molecule has 0 amide bonds. The van der Waals surface area contributed by atoms with Crippen LogP contribution in [0.1, 0.15) is 54.6 Å². The van der Waals surface area contributed by atoms with Crippen LogP contribution in [-0.4, -0.2) is 37.1 Å². The number of carbonyl (C=O) groups excluding carboxylic acids is 2. The maximum atomic E-state index is 12.5. The van der Waals surface area contributed by atoms with Crippen LogP contribution in [0.3, 0.4) is 0 Å². The number of esters is 2. The molecule has 0 N–H and O–H groups in total. The molecule has 2 bridgehead atoms. The molecule has 3 heterocycles. The molecule has 1 fully saturated rings. The highest BCUT2D eigenvalue weighted by Crippen LogP contribution is 2.60. The fourth-order valence-electron chi connectivity index (χ4n) is 4.57. The summed E-state index contributed by atoms with van der Waals surface area (Å²) in [4.78, 5) is 28.5. The molecule has 5 nitrogen and oxygen atoms in total. The van der Waals surface area contributed by atoms with Gasteiger partial charge in [0.15, 0.2) is 0 Å². The van der Waals surface area contributed by atoms with Gasteiger partial charge in [-0.05, 0) is 29.9 Å². The van der Waals surface area contributed by atoms with Crippen molar-refractivity contribution in [3.8, 4) is 0 Å². The van der Waals surface area contributed by atoms with Crippen LogP contribution in [0.15, 0.2) is 22.6 Å². The van der Waals surface area contributed by atoms with Crippen molar-refractivity contribution in [3.63, 3.8) is 0 Å². The van der Waals surface area contributed by atoms with E-state index in [-0.39, 0.29) is 12.1 Å². The first-order chi connectivity index (χ1) is 11.7. The van der Waals surface area contributed by atoms with E-state index in [9.17, 15) is 9.59 Å². The summed E-state index contributed by atoms with van der Waals surface area (Å²) in [6.07, 6.45) is 5.91. The van der Waals surface area contributed by atoms with Gasteiger partial charge in [0, 0.05) is 10.9 Å². The Bertz CT molecular complexity index is 668. The predicted molar refractivity (Wildman–Crippen MR) is 89.6 cm³/mol. The molecule has 0 aromatic carbocycles. The number of carbonyl (C=O) groups is 2. The summed E-state index contributed by atoms with van der Waals surface area (Å²) >= 11 is 1.66. The molecule has 0 radical (unpaired) electrons. The Morgan fingerprint density at radius 3 is 2.29 bits per heavy atom. The van der Waals surface area contributed by atoms with Crippen LogP contribution >= 0.6 is 11.3 Å². The SMILES string of the molecule is COC(=O)C1=C(C(=O)OC)C2c3sccc3C1N2C1CCCCC1. The molecule has 1 aromatic heterocycles. The molecule has 2 aliphatic heterocycles. The van der Waals surface area contributed by atoms with E-state index in [4.69, 9.17) is 9.47 Å². The Balaban J connectivity index is 1.83. The number of rotatable bonds is 3. The molecular weight excluding hydrogens is 326 g/mol. The molecule has 24 heavy (non-hydrogen) atoms. The first kappa shape index (κ1) is 15.8. The minimum Gasteiger partial charge on any atom is -0.466 e. The smallest absolute Gasteiger partial charge is 0.336 e. The van der Waals surface area contributed by atoms with Crippen molar-refractivity contribution in [1.29, 1.82) is 0 Å². The summed E-state index contributed by atoms with van der Waals surface area (Å²) in [6.45, 7) is 0. The van der Waals surface area contributed by atoms with Gasteiger partial charge in [-0.25, -0.2) is 9.59 Å². The highest BCUT2D eigenvalue weighted by molar-refractivity contribution is 7.10. The summed E-state index contributed by atoms with van der Waals surface area (Å²) in [5.74, 6) is -0.830. The van der Waals surface area contributed by atoms with Crippen LogP contribution in [-0.2, 0) is 19.1 Å². The van der Waals surface area contributed by atoms with Crippen molar-refractivity contribution in [2.75, 3.05) is 14.2 Å². The highest BCUT2D eigenvalue weighted by atomic mass is 32.1. The largest absolute Gasteiger partial charge is 0.466 e. The van der Waals surface area contributed by atoms with Crippen LogP contribution in [0.2, 0.25) is 0 Å². The monoisotopic (exact) mass is 347 g/mol. The average Bonchev–Trinajstić information content (AvgIpc) is 3.29. The summed E-state index contributed by atoms with van der Waals surface area (Å²) < 4.78 is 10.0. The first-order valence-corrected chi connectivity index (χ1v) is 9.32. The summed E-state index contributed by atoms with van der Waals surface area (Å²) in [6, 6.07) is 2.16. The predicted octanol–water partition coefficient (Wildman–Crippen LogP) is 3.13. The number of hydrogen-bond acceptors (Lipinski definition) is 6. The van der Waals surface area contributed by atoms with Crippen molar-refractivity contribution in [1.82, 2.24) is 4.90 Å². The van der Waals surface area contributed by atoms with Crippen LogP contribution in [0.4, 0.5) is 0 Å². The molecule has 2 unspecified atom stereocenters. The minimum absolute atomic E-state index is 0.158. The van der Waals surface area contributed by atoms with Gasteiger partial charge in [-0.1, -0.05) is 19.3 Å². The molecule has 3 aliphatic rings. The minimum atomic E-state index is -0.416. The van der Waals surface area contributed by atoms with Crippen molar-refractivity contribution < 1.29 is 19.1 Å². The molecule has 1 aliphatic carbocycles. The maximum Gasteiger partial charge on any atom is 0.336 e. The van der Waals surface area contributed by atoms with E-state index in [1.165, 1.54) is 38.4 Å². The Kier molecular flexibility index (Phi) is 3.96. The lowest BCUT2D eigenvalue weighted by Crippen LogP contribution is -2.36. The maximum absolute atomic E-state index is 12.5. The fourth-order valence-corrected chi connectivity index (χ4v) is 5.61. The van der Waals surface area contributed by atoms with Crippen LogP contribution in [0.5, 0.6) is 0 Å². The molecule has 0 saturated heterocycles. The molecule has 1 aromatic rings. The van der Waals surface area contributed by atoms with Crippen molar-refractivity contribution in [2.45, 2.75) is 50.2 Å². The van der Waals surface area contributed by atoms with Gasteiger partial charge in [-0.2, -0.15) is 0 Å². The first-order valence-electron chi connectivity index (χ1n) is 8.44. The second kappa shape index (κ2) is 6.01. The molecule has 128 valence electrons. The van der Waals surface area contributed by atoms with Crippen molar-refractivity contribution >= 4 is 23.3 Å². The lowest BCUT2D eigenvalue weighted by Gasteiger charge is -2.35. The lowest BCUT2D eigenvalue weighted by molar-refractivity contribution is -0.139. The molecule has 2 atom stereocenters. The fraction of sp³-hybridized carbons (Fsp3) is 0.556. The third-order valence-corrected chi connectivity index (χ3v) is 6.50. The number of ether oxygens (including phenoxy) is 2. The van der Waals surface area contributed by atoms with E-state index in [1.807, 2.05) is 5.38 Å². The quantitative estimate of drug-likeness (QED) is 0.786. The zero-order valence-corrected chi connectivity index (χ0v) is 14.7. The summed E-state index contributed by atoms with van der Waals surface area (Å²) in [5, 5.41) is 2.04. The molecule has 6 heteroatoms. The van der Waals surface area contributed by atoms with E-state index >= 15 is 0 Å². The Hall–Kier alpha value is -1.66. The van der Waals surface area contributed by atoms with Crippen LogP contribution < -0.4 is 0 Å². The zero-order chi connectivity index (χ0) is 16.8. The Morgan fingerprint density at radius 1 is 1.04 bits per heavy atom. The van der Waals surface area contributed by atoms with Gasteiger partial charge in [0.05, 0.1) is 37.4 Å². The van der Waals surface area contributed by atoms with Gasteiger partial charge < -0.3 is 9.47 Å².